The Morgan fingerprint density at radius 3 is 3.00 bits per heavy atom. The zero-order valence-corrected chi connectivity index (χ0v) is 13.9. The highest BCUT2D eigenvalue weighted by Crippen LogP contribution is 2.14. The number of carbonyl (C=O) groups is 1. The van der Waals surface area contributed by atoms with E-state index in [9.17, 15) is 4.79 Å². The molecule has 1 aliphatic heterocycles. The molecule has 0 aromatic carbocycles. The second kappa shape index (κ2) is 8.22. The normalized spacial score (nSPS) is 17.5. The van der Waals surface area contributed by atoms with E-state index in [4.69, 9.17) is 5.26 Å². The van der Waals surface area contributed by atoms with Crippen LogP contribution in [0.2, 0.25) is 0 Å². The Bertz CT molecular complexity index is 740. The van der Waals surface area contributed by atoms with Gasteiger partial charge in [0.25, 0.3) is 0 Å². The summed E-state index contributed by atoms with van der Waals surface area (Å²) in [6.45, 7) is 2.68. The molecule has 7 heteroatoms. The van der Waals surface area contributed by atoms with Crippen LogP contribution in [0.3, 0.4) is 0 Å². The zero-order valence-electron chi connectivity index (χ0n) is 13.9. The smallest absolute Gasteiger partial charge is 0.319 e. The van der Waals surface area contributed by atoms with Crippen molar-refractivity contribution in [1.82, 2.24) is 20.2 Å². The molecule has 128 valence electrons. The minimum absolute atomic E-state index is 0.108. The predicted octanol–water partition coefficient (Wildman–Crippen LogP) is 2.13. The third-order valence-corrected chi connectivity index (χ3v) is 4.11. The summed E-state index contributed by atoms with van der Waals surface area (Å²) in [5, 5.41) is 14.5. The van der Waals surface area contributed by atoms with Crippen LogP contribution in [0.25, 0.3) is 0 Å². The molecule has 2 N–H and O–H groups in total. The topological polar surface area (TPSA) is 93.9 Å². The number of rotatable bonds is 4. The third kappa shape index (κ3) is 4.99. The fraction of sp³-hybridized carbons (Fsp3) is 0.333. The van der Waals surface area contributed by atoms with E-state index in [2.05, 4.69) is 31.6 Å². The summed E-state index contributed by atoms with van der Waals surface area (Å²) in [5.74, 6) is 0. The number of piperidine rings is 1. The highest BCUT2D eigenvalue weighted by atomic mass is 16.2. The number of anilines is 1. The van der Waals surface area contributed by atoms with Gasteiger partial charge in [-0.05, 0) is 43.1 Å². The van der Waals surface area contributed by atoms with E-state index in [1.165, 1.54) is 11.8 Å². The van der Waals surface area contributed by atoms with Crippen molar-refractivity contribution < 1.29 is 4.79 Å². The maximum atomic E-state index is 12.2. The lowest BCUT2D eigenvalue weighted by molar-refractivity contribution is 0.183. The summed E-state index contributed by atoms with van der Waals surface area (Å²) in [6.07, 6.45) is 7.13. The molecule has 2 aromatic heterocycles. The Morgan fingerprint density at radius 1 is 1.36 bits per heavy atom. The van der Waals surface area contributed by atoms with Gasteiger partial charge in [-0.3, -0.25) is 9.88 Å². The minimum atomic E-state index is -0.250. The highest BCUT2D eigenvalue weighted by Gasteiger charge is 2.21. The molecule has 1 fully saturated rings. The van der Waals surface area contributed by atoms with Gasteiger partial charge in [-0.2, -0.15) is 5.26 Å². The van der Waals surface area contributed by atoms with E-state index in [-0.39, 0.29) is 12.1 Å². The summed E-state index contributed by atoms with van der Waals surface area (Å²) in [4.78, 5) is 22.6. The number of hydrogen-bond acceptors (Lipinski definition) is 5. The van der Waals surface area contributed by atoms with Gasteiger partial charge < -0.3 is 10.6 Å². The number of nitriles is 1. The highest BCUT2D eigenvalue weighted by molar-refractivity contribution is 5.89. The van der Waals surface area contributed by atoms with Gasteiger partial charge in [0.1, 0.15) is 11.8 Å². The first-order valence-electron chi connectivity index (χ1n) is 8.28. The van der Waals surface area contributed by atoms with Crippen LogP contribution in [0.5, 0.6) is 0 Å². The van der Waals surface area contributed by atoms with E-state index in [0.717, 1.165) is 32.5 Å². The van der Waals surface area contributed by atoms with Crippen LogP contribution in [0, 0.1) is 11.3 Å². The molecule has 0 bridgehead atoms. The van der Waals surface area contributed by atoms with Crippen LogP contribution in [0.4, 0.5) is 10.5 Å². The number of nitrogens with zero attached hydrogens (tertiary/aromatic N) is 4. The van der Waals surface area contributed by atoms with Gasteiger partial charge in [0, 0.05) is 31.5 Å². The molecular weight excluding hydrogens is 316 g/mol. The van der Waals surface area contributed by atoms with Gasteiger partial charge in [-0.1, -0.05) is 6.07 Å². The first kappa shape index (κ1) is 16.9. The summed E-state index contributed by atoms with van der Waals surface area (Å²) in [7, 11) is 0. The predicted molar refractivity (Wildman–Crippen MR) is 93.6 cm³/mol. The van der Waals surface area contributed by atoms with Gasteiger partial charge in [0.15, 0.2) is 0 Å². The number of carbonyl (C=O) groups excluding carboxylic acids is 1. The van der Waals surface area contributed by atoms with Gasteiger partial charge >= 0.3 is 6.03 Å². The van der Waals surface area contributed by atoms with Gasteiger partial charge in [-0.15, -0.1) is 0 Å². The first-order valence-corrected chi connectivity index (χ1v) is 8.28. The van der Waals surface area contributed by atoms with Crippen LogP contribution in [-0.4, -0.2) is 40.0 Å². The first-order chi connectivity index (χ1) is 12.2. The molecule has 0 spiro atoms. The van der Waals surface area contributed by atoms with E-state index in [1.54, 1.807) is 18.3 Å². The molecule has 25 heavy (non-hydrogen) atoms. The fourth-order valence-electron chi connectivity index (χ4n) is 2.95. The summed E-state index contributed by atoms with van der Waals surface area (Å²) < 4.78 is 0. The molecule has 0 aliphatic carbocycles. The number of pyridine rings is 2. The quantitative estimate of drug-likeness (QED) is 0.892. The lowest BCUT2D eigenvalue weighted by atomic mass is 10.1. The Balaban J connectivity index is 1.49. The average molecular weight is 336 g/mol. The van der Waals surface area contributed by atoms with Crippen molar-refractivity contribution in [3.05, 3.63) is 54.1 Å². The van der Waals surface area contributed by atoms with Crippen molar-refractivity contribution in [3.63, 3.8) is 0 Å². The lowest BCUT2D eigenvalue weighted by Gasteiger charge is -2.33. The molecular formula is C18H20N6O. The van der Waals surface area contributed by atoms with Crippen molar-refractivity contribution in [2.24, 2.45) is 0 Å². The second-order valence-electron chi connectivity index (χ2n) is 6.08. The summed E-state index contributed by atoms with van der Waals surface area (Å²) in [6, 6.07) is 9.05. The van der Waals surface area contributed by atoms with Crippen LogP contribution in [0.1, 0.15) is 24.1 Å². The van der Waals surface area contributed by atoms with Crippen LogP contribution < -0.4 is 10.6 Å². The lowest BCUT2D eigenvalue weighted by Crippen LogP contribution is -2.48. The van der Waals surface area contributed by atoms with E-state index in [0.29, 0.717) is 11.4 Å². The summed E-state index contributed by atoms with van der Waals surface area (Å²) in [5.41, 5.74) is 2.07. The van der Waals surface area contributed by atoms with Crippen molar-refractivity contribution in [2.45, 2.75) is 25.4 Å². The molecule has 1 aliphatic rings. The maximum Gasteiger partial charge on any atom is 0.319 e. The molecule has 0 unspecified atom stereocenters. The number of aromatic nitrogens is 2. The minimum Gasteiger partial charge on any atom is -0.334 e. The Kier molecular flexibility index (Phi) is 5.54. The summed E-state index contributed by atoms with van der Waals surface area (Å²) >= 11 is 0. The third-order valence-electron chi connectivity index (χ3n) is 4.11. The monoisotopic (exact) mass is 336 g/mol. The molecule has 1 saturated heterocycles. The van der Waals surface area contributed by atoms with Crippen molar-refractivity contribution >= 4 is 11.7 Å². The van der Waals surface area contributed by atoms with Gasteiger partial charge in [0.05, 0.1) is 11.9 Å². The molecule has 7 nitrogen and oxygen atoms in total. The molecule has 0 saturated carbocycles. The standard InChI is InChI=1S/C18H20N6O/c19-9-15-5-6-16(11-21-15)22-18(25)23-17-4-2-8-24(13-17)12-14-3-1-7-20-10-14/h1,3,5-7,10-11,17H,2,4,8,12-13H2,(H2,22,23,25)/t17-/m1/s1. The van der Waals surface area contributed by atoms with Gasteiger partial charge in [-0.25, -0.2) is 9.78 Å². The van der Waals surface area contributed by atoms with Crippen molar-refractivity contribution in [3.8, 4) is 6.07 Å². The molecule has 1 atom stereocenters. The number of likely N-dealkylation sites (tertiary alicyclic amines) is 1. The maximum absolute atomic E-state index is 12.2. The van der Waals surface area contributed by atoms with Crippen molar-refractivity contribution in [1.29, 1.82) is 5.26 Å². The van der Waals surface area contributed by atoms with Crippen LogP contribution in [0.15, 0.2) is 42.9 Å². The molecule has 0 radical (unpaired) electrons. The molecule has 3 heterocycles. The van der Waals surface area contributed by atoms with E-state index >= 15 is 0 Å². The number of hydrogen-bond donors (Lipinski definition) is 2. The van der Waals surface area contributed by atoms with Crippen LogP contribution >= 0.6 is 0 Å². The molecule has 2 aromatic rings. The molecule has 3 rings (SSSR count). The van der Waals surface area contributed by atoms with Crippen LogP contribution in [-0.2, 0) is 6.54 Å². The second-order valence-corrected chi connectivity index (χ2v) is 6.08. The van der Waals surface area contributed by atoms with E-state index < -0.39 is 0 Å². The largest absolute Gasteiger partial charge is 0.334 e. The Morgan fingerprint density at radius 2 is 2.28 bits per heavy atom. The Hall–Kier alpha value is -2.98. The van der Waals surface area contributed by atoms with Gasteiger partial charge in [0.2, 0.25) is 0 Å². The number of urea groups is 1. The SMILES string of the molecule is N#Cc1ccc(NC(=O)N[C@@H]2CCCN(Cc3cccnc3)C2)cn1. The Labute approximate surface area is 146 Å². The average Bonchev–Trinajstić information content (AvgIpc) is 2.63. The van der Waals surface area contributed by atoms with Crippen molar-refractivity contribution in [2.75, 3.05) is 18.4 Å². The van der Waals surface area contributed by atoms with E-state index in [1.807, 2.05) is 18.3 Å². The zero-order chi connectivity index (χ0) is 17.5. The molecule has 2 amide bonds. The number of amides is 2. The number of nitrogens with one attached hydrogen (secondary N) is 2. The fourth-order valence-corrected chi connectivity index (χ4v) is 2.95.